The number of rotatable bonds is 7. The second kappa shape index (κ2) is 10.9. The summed E-state index contributed by atoms with van der Waals surface area (Å²) in [6.45, 7) is 5.51. The van der Waals surface area contributed by atoms with Crippen molar-refractivity contribution < 1.29 is 17.7 Å². The molecule has 2 aromatic carbocycles. The summed E-state index contributed by atoms with van der Waals surface area (Å²) in [6, 6.07) is 12.0. The third kappa shape index (κ3) is 6.84. The van der Waals surface area contributed by atoms with E-state index in [0.29, 0.717) is 33.8 Å². The highest BCUT2D eigenvalue weighted by Crippen LogP contribution is 2.30. The normalized spacial score (nSPS) is 19.6. The van der Waals surface area contributed by atoms with E-state index in [1.807, 2.05) is 12.1 Å². The van der Waals surface area contributed by atoms with Crippen LogP contribution >= 0.6 is 23.2 Å². The minimum atomic E-state index is -4.20. The van der Waals surface area contributed by atoms with Crippen molar-refractivity contribution in [2.45, 2.75) is 43.2 Å². The van der Waals surface area contributed by atoms with Gasteiger partial charge in [0.05, 0.1) is 9.92 Å². The van der Waals surface area contributed by atoms with Crippen LogP contribution in [0.4, 0.5) is 0 Å². The lowest BCUT2D eigenvalue weighted by molar-refractivity contribution is 0.0772. The third-order valence-electron chi connectivity index (χ3n) is 6.59. The van der Waals surface area contributed by atoms with Gasteiger partial charge in [0.1, 0.15) is 11.9 Å². The largest absolute Gasteiger partial charge is 0.489 e. The van der Waals surface area contributed by atoms with E-state index in [1.165, 1.54) is 6.07 Å². The summed E-state index contributed by atoms with van der Waals surface area (Å²) in [5.41, 5.74) is 0.654. The molecule has 33 heavy (non-hydrogen) atoms. The quantitative estimate of drug-likeness (QED) is 0.526. The first-order valence-electron chi connectivity index (χ1n) is 11.4. The van der Waals surface area contributed by atoms with Crippen LogP contribution < -0.4 is 4.74 Å². The number of halogens is 2. The van der Waals surface area contributed by atoms with Gasteiger partial charge >= 0.3 is 0 Å². The van der Waals surface area contributed by atoms with E-state index >= 15 is 0 Å². The van der Waals surface area contributed by atoms with Crippen molar-refractivity contribution >= 4 is 33.3 Å². The molecule has 0 saturated carbocycles. The van der Waals surface area contributed by atoms with E-state index in [1.54, 1.807) is 24.3 Å². The average Bonchev–Trinajstić information content (AvgIpc) is 2.78. The average molecular weight is 513 g/mol. The standard InChI is InChI=1S/C24H30Cl2N2O4S/c25-20-5-6-23(22(26)15-20)32-21-9-13-27(14-10-21)16-18-7-11-28(12-8-18)17-19-3-1-2-4-24(19)33(29,30)31/h1-6,15,18,21H,7-14,16-17H2,(H,29,30,31). The van der Waals surface area contributed by atoms with Gasteiger partial charge in [-0.15, -0.1) is 0 Å². The van der Waals surface area contributed by atoms with Crippen LogP contribution in [0.3, 0.4) is 0 Å². The Kier molecular flexibility index (Phi) is 8.20. The van der Waals surface area contributed by atoms with Crippen LogP contribution in [0, 0.1) is 5.92 Å². The molecule has 6 nitrogen and oxygen atoms in total. The Morgan fingerprint density at radius 3 is 2.27 bits per heavy atom. The molecule has 0 radical (unpaired) electrons. The first kappa shape index (κ1) is 24.8. The van der Waals surface area contributed by atoms with Crippen LogP contribution in [0.25, 0.3) is 0 Å². The van der Waals surface area contributed by atoms with Crippen molar-refractivity contribution in [1.82, 2.24) is 9.80 Å². The molecule has 0 bridgehead atoms. The van der Waals surface area contributed by atoms with Crippen molar-refractivity contribution in [3.63, 3.8) is 0 Å². The maximum absolute atomic E-state index is 11.6. The van der Waals surface area contributed by atoms with Crippen molar-refractivity contribution in [2.24, 2.45) is 5.92 Å². The Morgan fingerprint density at radius 1 is 0.939 bits per heavy atom. The molecule has 180 valence electrons. The molecule has 0 aromatic heterocycles. The molecule has 0 aliphatic carbocycles. The minimum absolute atomic E-state index is 0.0112. The summed E-state index contributed by atoms with van der Waals surface area (Å²) in [5.74, 6) is 1.34. The van der Waals surface area contributed by atoms with E-state index in [-0.39, 0.29) is 11.0 Å². The van der Waals surface area contributed by atoms with Crippen molar-refractivity contribution in [3.8, 4) is 5.75 Å². The number of hydrogen-bond acceptors (Lipinski definition) is 5. The first-order valence-corrected chi connectivity index (χ1v) is 13.6. The summed E-state index contributed by atoms with van der Waals surface area (Å²) < 4.78 is 38.8. The van der Waals surface area contributed by atoms with E-state index in [4.69, 9.17) is 27.9 Å². The highest BCUT2D eigenvalue weighted by molar-refractivity contribution is 7.85. The Labute approximate surface area is 206 Å². The molecule has 2 saturated heterocycles. The fourth-order valence-corrected chi connectivity index (χ4v) is 5.95. The number of benzene rings is 2. The second-order valence-electron chi connectivity index (χ2n) is 8.99. The fraction of sp³-hybridized carbons (Fsp3) is 0.500. The maximum atomic E-state index is 11.6. The summed E-state index contributed by atoms with van der Waals surface area (Å²) in [5, 5.41) is 1.16. The minimum Gasteiger partial charge on any atom is -0.489 e. The molecular weight excluding hydrogens is 483 g/mol. The lowest BCUT2D eigenvalue weighted by Crippen LogP contribution is -2.43. The van der Waals surface area contributed by atoms with E-state index in [0.717, 1.165) is 58.4 Å². The number of piperidine rings is 2. The molecule has 1 N–H and O–H groups in total. The molecular formula is C24H30Cl2N2O4S. The summed E-state index contributed by atoms with van der Waals surface area (Å²) in [6.07, 6.45) is 4.30. The summed E-state index contributed by atoms with van der Waals surface area (Å²) in [4.78, 5) is 4.81. The molecule has 4 rings (SSSR count). The predicted octanol–water partition coefficient (Wildman–Crippen LogP) is 5.00. The van der Waals surface area contributed by atoms with Gasteiger partial charge in [0.25, 0.3) is 10.1 Å². The number of hydrogen-bond donors (Lipinski definition) is 1. The van der Waals surface area contributed by atoms with Crippen LogP contribution in [0.5, 0.6) is 5.75 Å². The zero-order chi connectivity index (χ0) is 23.4. The van der Waals surface area contributed by atoms with Gasteiger partial charge in [-0.25, -0.2) is 0 Å². The highest BCUT2D eigenvalue weighted by atomic mass is 35.5. The Morgan fingerprint density at radius 2 is 1.61 bits per heavy atom. The van der Waals surface area contributed by atoms with Gasteiger partial charge in [-0.3, -0.25) is 9.45 Å². The van der Waals surface area contributed by atoms with Crippen LogP contribution in [0.15, 0.2) is 47.4 Å². The van der Waals surface area contributed by atoms with Crippen molar-refractivity contribution in [3.05, 3.63) is 58.1 Å². The molecule has 2 heterocycles. The number of nitrogens with zero attached hydrogens (tertiary/aromatic N) is 2. The van der Waals surface area contributed by atoms with E-state index in [9.17, 15) is 13.0 Å². The van der Waals surface area contributed by atoms with Crippen molar-refractivity contribution in [2.75, 3.05) is 32.7 Å². The van der Waals surface area contributed by atoms with Gasteiger partial charge in [0, 0.05) is 31.2 Å². The molecule has 2 aliphatic rings. The zero-order valence-corrected chi connectivity index (χ0v) is 20.8. The topological polar surface area (TPSA) is 70.1 Å². The van der Waals surface area contributed by atoms with Gasteiger partial charge < -0.3 is 9.64 Å². The molecule has 2 aromatic rings. The molecule has 0 atom stereocenters. The molecule has 2 fully saturated rings. The maximum Gasteiger partial charge on any atom is 0.294 e. The number of likely N-dealkylation sites (tertiary alicyclic amines) is 2. The van der Waals surface area contributed by atoms with Crippen LogP contribution in [-0.4, -0.2) is 61.6 Å². The fourth-order valence-electron chi connectivity index (χ4n) is 4.78. The molecule has 0 amide bonds. The smallest absolute Gasteiger partial charge is 0.294 e. The van der Waals surface area contributed by atoms with Crippen LogP contribution in [0.1, 0.15) is 31.2 Å². The van der Waals surface area contributed by atoms with Crippen molar-refractivity contribution in [1.29, 1.82) is 0 Å². The number of ether oxygens (including phenoxy) is 1. The Hall–Kier alpha value is -1.35. The summed E-state index contributed by atoms with van der Waals surface area (Å²) >= 11 is 12.2. The van der Waals surface area contributed by atoms with E-state index < -0.39 is 10.1 Å². The Bertz CT molecular complexity index is 1050. The molecule has 9 heteroatoms. The van der Waals surface area contributed by atoms with Gasteiger partial charge in [0.15, 0.2) is 0 Å². The first-order chi connectivity index (χ1) is 15.8. The SMILES string of the molecule is O=S(=O)(O)c1ccccc1CN1CCC(CN2CCC(Oc3ccc(Cl)cc3Cl)CC2)CC1. The lowest BCUT2D eigenvalue weighted by atomic mass is 9.94. The highest BCUT2D eigenvalue weighted by Gasteiger charge is 2.26. The van der Waals surface area contributed by atoms with Gasteiger partial charge in [-0.1, -0.05) is 41.4 Å². The molecule has 2 aliphatic heterocycles. The summed E-state index contributed by atoms with van der Waals surface area (Å²) in [7, 11) is -4.20. The van der Waals surface area contributed by atoms with Gasteiger partial charge in [-0.05, 0) is 74.5 Å². The lowest BCUT2D eigenvalue weighted by Gasteiger charge is -2.37. The zero-order valence-electron chi connectivity index (χ0n) is 18.5. The molecule has 0 unspecified atom stereocenters. The molecule has 0 spiro atoms. The monoisotopic (exact) mass is 512 g/mol. The second-order valence-corrected chi connectivity index (χ2v) is 11.2. The van der Waals surface area contributed by atoms with Crippen LogP contribution in [-0.2, 0) is 16.7 Å². The van der Waals surface area contributed by atoms with Crippen LogP contribution in [0.2, 0.25) is 10.0 Å². The Balaban J connectivity index is 1.21. The third-order valence-corrected chi connectivity index (χ3v) is 8.07. The van der Waals surface area contributed by atoms with E-state index in [2.05, 4.69) is 9.80 Å². The van der Waals surface area contributed by atoms with Gasteiger partial charge in [-0.2, -0.15) is 8.42 Å². The predicted molar refractivity (Wildman–Crippen MR) is 131 cm³/mol. The van der Waals surface area contributed by atoms with Gasteiger partial charge in [0.2, 0.25) is 0 Å².